The average molecular weight is 339 g/mol. The summed E-state index contributed by atoms with van der Waals surface area (Å²) in [6.07, 6.45) is 0. The number of carboxylic acids is 1. The molecule has 0 spiro atoms. The number of benzene rings is 2. The van der Waals surface area contributed by atoms with Crippen LogP contribution in [0.5, 0.6) is 0 Å². The summed E-state index contributed by atoms with van der Waals surface area (Å²) in [5.41, 5.74) is 1.42. The van der Waals surface area contributed by atoms with Gasteiger partial charge in [0.2, 0.25) is 5.91 Å². The van der Waals surface area contributed by atoms with Crippen molar-refractivity contribution in [3.63, 3.8) is 0 Å². The van der Waals surface area contributed by atoms with Gasteiger partial charge < -0.3 is 15.7 Å². The number of carboxylic acid groups (broad SMARTS) is 1. The third kappa shape index (κ3) is 3.90. The van der Waals surface area contributed by atoms with Crippen molar-refractivity contribution in [1.29, 1.82) is 0 Å². The van der Waals surface area contributed by atoms with E-state index in [1.165, 1.54) is 6.07 Å². The third-order valence-corrected chi connectivity index (χ3v) is 3.28. The van der Waals surface area contributed by atoms with Gasteiger partial charge in [-0.25, -0.2) is 4.79 Å². The molecule has 0 saturated heterocycles. The second-order valence-corrected chi connectivity index (χ2v) is 5.05. The molecule has 22 heavy (non-hydrogen) atoms. The minimum absolute atomic E-state index is 0.108. The molecule has 0 heterocycles. The fourth-order valence-corrected chi connectivity index (χ4v) is 2.08. The lowest BCUT2D eigenvalue weighted by Gasteiger charge is -2.14. The molecule has 2 aromatic carbocycles. The first-order chi connectivity index (χ1) is 10.5. The molecule has 0 radical (unpaired) electrons. The SMILES string of the molecule is O=C(CCl)Nc1ccc(Cl)cc1Nc1ccccc1C(=O)O. The van der Waals surface area contributed by atoms with Crippen LogP contribution in [-0.4, -0.2) is 22.9 Å². The quantitative estimate of drug-likeness (QED) is 0.721. The molecule has 2 rings (SSSR count). The van der Waals surface area contributed by atoms with Gasteiger partial charge >= 0.3 is 5.97 Å². The van der Waals surface area contributed by atoms with Gasteiger partial charge in [0.05, 0.1) is 22.6 Å². The number of carbonyl (C=O) groups is 2. The van der Waals surface area contributed by atoms with E-state index in [0.29, 0.717) is 22.1 Å². The molecule has 0 atom stereocenters. The van der Waals surface area contributed by atoms with Crippen molar-refractivity contribution < 1.29 is 14.7 Å². The van der Waals surface area contributed by atoms with Crippen molar-refractivity contribution in [2.24, 2.45) is 0 Å². The lowest BCUT2D eigenvalue weighted by atomic mass is 10.1. The van der Waals surface area contributed by atoms with E-state index in [1.54, 1.807) is 36.4 Å². The fourth-order valence-electron chi connectivity index (χ4n) is 1.84. The number of aromatic carboxylic acids is 1. The van der Waals surface area contributed by atoms with Crippen molar-refractivity contribution in [2.45, 2.75) is 0 Å². The summed E-state index contributed by atoms with van der Waals surface area (Å²) in [5, 5.41) is 15.2. The fraction of sp³-hybridized carbons (Fsp3) is 0.0667. The number of nitrogens with one attached hydrogen (secondary N) is 2. The summed E-state index contributed by atoms with van der Waals surface area (Å²) in [6, 6.07) is 11.2. The molecule has 0 aliphatic rings. The Balaban J connectivity index is 2.38. The van der Waals surface area contributed by atoms with Crippen LogP contribution in [0.25, 0.3) is 0 Å². The van der Waals surface area contributed by atoms with Crippen molar-refractivity contribution >= 4 is 52.1 Å². The van der Waals surface area contributed by atoms with E-state index in [-0.39, 0.29) is 17.4 Å². The number of alkyl halides is 1. The molecule has 2 aromatic rings. The predicted octanol–water partition coefficient (Wildman–Crippen LogP) is 3.96. The van der Waals surface area contributed by atoms with Crippen LogP contribution in [0, 0.1) is 0 Å². The minimum Gasteiger partial charge on any atom is -0.478 e. The highest BCUT2D eigenvalue weighted by atomic mass is 35.5. The molecule has 1 amide bonds. The van der Waals surface area contributed by atoms with Gasteiger partial charge in [0.15, 0.2) is 0 Å². The Bertz CT molecular complexity index is 720. The number of rotatable bonds is 5. The lowest BCUT2D eigenvalue weighted by molar-refractivity contribution is -0.113. The predicted molar refractivity (Wildman–Crippen MR) is 87.5 cm³/mol. The molecule has 0 saturated carbocycles. The first-order valence-electron chi connectivity index (χ1n) is 6.26. The normalized spacial score (nSPS) is 10.1. The number of carbonyl (C=O) groups excluding carboxylic acids is 1. The Labute approximate surface area is 136 Å². The molecule has 5 nitrogen and oxygen atoms in total. The monoisotopic (exact) mass is 338 g/mol. The zero-order valence-electron chi connectivity index (χ0n) is 11.3. The van der Waals surface area contributed by atoms with Gasteiger partial charge in [-0.15, -0.1) is 11.6 Å². The summed E-state index contributed by atoms with van der Waals surface area (Å²) in [6.45, 7) is 0. The Kier molecular flexibility index (Phi) is 5.25. The van der Waals surface area contributed by atoms with E-state index in [9.17, 15) is 14.7 Å². The second kappa shape index (κ2) is 7.15. The minimum atomic E-state index is -1.06. The van der Waals surface area contributed by atoms with Crippen molar-refractivity contribution in [3.8, 4) is 0 Å². The Morgan fingerprint density at radius 1 is 1.05 bits per heavy atom. The second-order valence-electron chi connectivity index (χ2n) is 4.35. The Morgan fingerprint density at radius 2 is 1.77 bits per heavy atom. The number of halogens is 2. The Morgan fingerprint density at radius 3 is 2.45 bits per heavy atom. The van der Waals surface area contributed by atoms with Crippen LogP contribution in [0.3, 0.4) is 0 Å². The molecule has 0 aliphatic heterocycles. The van der Waals surface area contributed by atoms with Crippen LogP contribution in [-0.2, 0) is 4.79 Å². The highest BCUT2D eigenvalue weighted by Crippen LogP contribution is 2.30. The zero-order chi connectivity index (χ0) is 16.1. The van der Waals surface area contributed by atoms with E-state index >= 15 is 0 Å². The maximum absolute atomic E-state index is 11.4. The maximum Gasteiger partial charge on any atom is 0.337 e. The number of amides is 1. The average Bonchev–Trinajstić information content (AvgIpc) is 2.50. The summed E-state index contributed by atoms with van der Waals surface area (Å²) < 4.78 is 0. The van der Waals surface area contributed by atoms with Crippen molar-refractivity contribution in [1.82, 2.24) is 0 Å². The molecular weight excluding hydrogens is 327 g/mol. The topological polar surface area (TPSA) is 78.4 Å². The third-order valence-electron chi connectivity index (χ3n) is 2.80. The molecule has 0 fully saturated rings. The molecule has 114 valence electrons. The standard InChI is InChI=1S/C15H12Cl2N2O3/c16-8-14(20)19-12-6-5-9(17)7-13(12)18-11-4-2-1-3-10(11)15(21)22/h1-7,18H,8H2,(H,19,20)(H,21,22). The molecule has 7 heteroatoms. The van der Waals surface area contributed by atoms with Gasteiger partial charge in [0.1, 0.15) is 5.88 Å². The van der Waals surface area contributed by atoms with E-state index < -0.39 is 5.97 Å². The van der Waals surface area contributed by atoms with Crippen molar-refractivity contribution in [2.75, 3.05) is 16.5 Å². The van der Waals surface area contributed by atoms with Crippen LogP contribution in [0.1, 0.15) is 10.4 Å². The Hall–Kier alpha value is -2.24. The molecule has 0 aliphatic carbocycles. The van der Waals surface area contributed by atoms with Crippen LogP contribution in [0.2, 0.25) is 5.02 Å². The number of hydrogen-bond acceptors (Lipinski definition) is 3. The highest BCUT2D eigenvalue weighted by Gasteiger charge is 2.12. The summed E-state index contributed by atoms with van der Waals surface area (Å²) >= 11 is 11.4. The number of hydrogen-bond donors (Lipinski definition) is 3. The smallest absolute Gasteiger partial charge is 0.337 e. The summed E-state index contributed by atoms with van der Waals surface area (Å²) in [7, 11) is 0. The molecule has 0 unspecified atom stereocenters. The zero-order valence-corrected chi connectivity index (χ0v) is 12.8. The van der Waals surface area contributed by atoms with Crippen molar-refractivity contribution in [3.05, 3.63) is 53.1 Å². The van der Waals surface area contributed by atoms with E-state index in [4.69, 9.17) is 23.2 Å². The highest BCUT2D eigenvalue weighted by molar-refractivity contribution is 6.31. The van der Waals surface area contributed by atoms with Crippen LogP contribution in [0.4, 0.5) is 17.1 Å². The van der Waals surface area contributed by atoms with Gasteiger partial charge in [-0.1, -0.05) is 23.7 Å². The van der Waals surface area contributed by atoms with Gasteiger partial charge in [-0.3, -0.25) is 4.79 Å². The molecule has 3 N–H and O–H groups in total. The van der Waals surface area contributed by atoms with Crippen LogP contribution < -0.4 is 10.6 Å². The number of anilines is 3. The molecule has 0 aromatic heterocycles. The summed E-state index contributed by atoms with van der Waals surface area (Å²) in [5.74, 6) is -1.62. The first-order valence-corrected chi connectivity index (χ1v) is 7.17. The molecular formula is C15H12Cl2N2O3. The van der Waals surface area contributed by atoms with Crippen LogP contribution in [0.15, 0.2) is 42.5 Å². The maximum atomic E-state index is 11.4. The van der Waals surface area contributed by atoms with Gasteiger partial charge in [0, 0.05) is 5.02 Å². The van der Waals surface area contributed by atoms with E-state index in [1.807, 2.05) is 0 Å². The number of para-hydroxylation sites is 1. The largest absolute Gasteiger partial charge is 0.478 e. The van der Waals surface area contributed by atoms with E-state index in [2.05, 4.69) is 10.6 Å². The van der Waals surface area contributed by atoms with Crippen LogP contribution >= 0.6 is 23.2 Å². The van der Waals surface area contributed by atoms with Gasteiger partial charge in [0.25, 0.3) is 0 Å². The van der Waals surface area contributed by atoms with Gasteiger partial charge in [-0.2, -0.15) is 0 Å². The summed E-state index contributed by atoms with van der Waals surface area (Å²) in [4.78, 5) is 22.7. The lowest BCUT2D eigenvalue weighted by Crippen LogP contribution is -2.14. The van der Waals surface area contributed by atoms with Gasteiger partial charge in [-0.05, 0) is 30.3 Å². The first kappa shape index (κ1) is 16.1. The van der Waals surface area contributed by atoms with E-state index in [0.717, 1.165) is 0 Å². The molecule has 0 bridgehead atoms.